The Balaban J connectivity index is 2.46. The molecule has 0 radical (unpaired) electrons. The van der Waals surface area contributed by atoms with Crippen molar-refractivity contribution in [2.75, 3.05) is 13.1 Å². The van der Waals surface area contributed by atoms with Crippen molar-refractivity contribution in [2.24, 2.45) is 23.7 Å². The molecule has 3 atom stereocenters. The summed E-state index contributed by atoms with van der Waals surface area (Å²) in [5, 5.41) is 3.60. The zero-order chi connectivity index (χ0) is 13.4. The van der Waals surface area contributed by atoms with E-state index in [1.165, 1.54) is 38.6 Å². The average molecular weight is 249 g/mol. The third-order valence-corrected chi connectivity index (χ3v) is 4.62. The molecule has 0 aromatic heterocycles. The molecule has 1 saturated carbocycles. The molecule has 1 aliphatic rings. The first-order valence-corrected chi connectivity index (χ1v) is 7.83. The van der Waals surface area contributed by atoms with Crippen molar-refractivity contribution in [1.82, 2.24) is 5.32 Å². The van der Waals surface area contributed by atoms with Gasteiger partial charge in [0, 0.05) is 6.42 Å². The van der Waals surface area contributed by atoms with Gasteiger partial charge in [-0.3, -0.25) is 0 Å². The number of rotatable bonds is 7. The quantitative estimate of drug-likeness (QED) is 0.529. The average Bonchev–Trinajstić information content (AvgIpc) is 2.37. The van der Waals surface area contributed by atoms with Crippen molar-refractivity contribution in [3.05, 3.63) is 0 Å². The lowest BCUT2D eigenvalue weighted by atomic mass is 9.69. The lowest BCUT2D eigenvalue weighted by Gasteiger charge is -2.38. The third kappa shape index (κ3) is 5.02. The van der Waals surface area contributed by atoms with E-state index in [0.717, 1.165) is 36.6 Å². The minimum atomic E-state index is 0.836. The van der Waals surface area contributed by atoms with Crippen molar-refractivity contribution in [2.45, 2.75) is 59.3 Å². The second kappa shape index (κ2) is 8.59. The summed E-state index contributed by atoms with van der Waals surface area (Å²) < 4.78 is 0. The second-order valence-electron chi connectivity index (χ2n) is 6.28. The lowest BCUT2D eigenvalue weighted by Crippen LogP contribution is -2.34. The Morgan fingerprint density at radius 2 is 2.06 bits per heavy atom. The van der Waals surface area contributed by atoms with E-state index in [9.17, 15) is 0 Å². The molecule has 0 aromatic rings. The Labute approximate surface area is 114 Å². The van der Waals surface area contributed by atoms with Crippen molar-refractivity contribution in [1.29, 1.82) is 0 Å². The molecular formula is C17H31N. The predicted octanol–water partition coefficient (Wildman–Crippen LogP) is 4.09. The Morgan fingerprint density at radius 3 is 2.67 bits per heavy atom. The van der Waals surface area contributed by atoms with Gasteiger partial charge in [0.15, 0.2) is 0 Å². The monoisotopic (exact) mass is 249 g/mol. The van der Waals surface area contributed by atoms with Crippen LogP contribution in [0.3, 0.4) is 0 Å². The van der Waals surface area contributed by atoms with Crippen molar-refractivity contribution >= 4 is 0 Å². The van der Waals surface area contributed by atoms with Gasteiger partial charge in [-0.1, -0.05) is 20.8 Å². The third-order valence-electron chi connectivity index (χ3n) is 4.62. The minimum Gasteiger partial charge on any atom is -0.316 e. The molecule has 1 rings (SSSR count). The topological polar surface area (TPSA) is 12.0 Å². The Hall–Kier alpha value is -0.480. The SMILES string of the molecule is C#CCCC1CC(C(C)C)CCC1CNCCC. The van der Waals surface area contributed by atoms with Crippen LogP contribution in [0.15, 0.2) is 0 Å². The highest BCUT2D eigenvalue weighted by Gasteiger charge is 2.30. The van der Waals surface area contributed by atoms with E-state index >= 15 is 0 Å². The fourth-order valence-electron chi connectivity index (χ4n) is 3.32. The van der Waals surface area contributed by atoms with Gasteiger partial charge in [-0.2, -0.15) is 0 Å². The van der Waals surface area contributed by atoms with Gasteiger partial charge in [0.1, 0.15) is 0 Å². The van der Waals surface area contributed by atoms with Crippen LogP contribution < -0.4 is 5.32 Å². The van der Waals surface area contributed by atoms with E-state index in [0.29, 0.717) is 0 Å². The van der Waals surface area contributed by atoms with Crippen molar-refractivity contribution in [3.8, 4) is 12.3 Å². The van der Waals surface area contributed by atoms with Crippen LogP contribution in [0.25, 0.3) is 0 Å². The second-order valence-corrected chi connectivity index (χ2v) is 6.28. The zero-order valence-corrected chi connectivity index (χ0v) is 12.5. The van der Waals surface area contributed by atoms with Gasteiger partial charge in [-0.15, -0.1) is 12.3 Å². The van der Waals surface area contributed by atoms with Crippen LogP contribution in [0.2, 0.25) is 0 Å². The summed E-state index contributed by atoms with van der Waals surface area (Å²) in [5.74, 6) is 6.30. The molecule has 1 aliphatic carbocycles. The fraction of sp³-hybridized carbons (Fsp3) is 0.882. The summed E-state index contributed by atoms with van der Waals surface area (Å²) in [5.41, 5.74) is 0. The molecule has 0 saturated heterocycles. The van der Waals surface area contributed by atoms with Crippen LogP contribution in [-0.2, 0) is 0 Å². The van der Waals surface area contributed by atoms with Crippen LogP contribution >= 0.6 is 0 Å². The van der Waals surface area contributed by atoms with Crippen LogP contribution in [0, 0.1) is 36.0 Å². The first-order chi connectivity index (χ1) is 8.69. The van der Waals surface area contributed by atoms with E-state index in [4.69, 9.17) is 6.42 Å². The molecule has 3 unspecified atom stereocenters. The van der Waals surface area contributed by atoms with E-state index < -0.39 is 0 Å². The predicted molar refractivity (Wildman–Crippen MR) is 80.4 cm³/mol. The van der Waals surface area contributed by atoms with Crippen LogP contribution in [-0.4, -0.2) is 13.1 Å². The smallest absolute Gasteiger partial charge is 0.00888 e. The zero-order valence-electron chi connectivity index (χ0n) is 12.5. The maximum atomic E-state index is 5.44. The van der Waals surface area contributed by atoms with Crippen LogP contribution in [0.1, 0.15) is 59.3 Å². The molecule has 1 N–H and O–H groups in total. The van der Waals surface area contributed by atoms with Gasteiger partial charge in [-0.25, -0.2) is 0 Å². The molecular weight excluding hydrogens is 218 g/mol. The van der Waals surface area contributed by atoms with Crippen molar-refractivity contribution < 1.29 is 0 Å². The molecule has 0 spiro atoms. The molecule has 0 aromatic carbocycles. The minimum absolute atomic E-state index is 0.836. The molecule has 1 heteroatoms. The summed E-state index contributed by atoms with van der Waals surface area (Å²) in [7, 11) is 0. The highest BCUT2D eigenvalue weighted by Crippen LogP contribution is 2.39. The first-order valence-electron chi connectivity index (χ1n) is 7.83. The van der Waals surface area contributed by atoms with Gasteiger partial charge in [0.25, 0.3) is 0 Å². The molecule has 0 aliphatic heterocycles. The largest absolute Gasteiger partial charge is 0.316 e. The Morgan fingerprint density at radius 1 is 1.28 bits per heavy atom. The maximum absolute atomic E-state index is 5.44. The van der Waals surface area contributed by atoms with Gasteiger partial charge in [0.2, 0.25) is 0 Å². The summed E-state index contributed by atoms with van der Waals surface area (Å²) in [6.45, 7) is 9.34. The van der Waals surface area contributed by atoms with Gasteiger partial charge < -0.3 is 5.32 Å². The molecule has 0 amide bonds. The summed E-state index contributed by atoms with van der Waals surface area (Å²) in [4.78, 5) is 0. The molecule has 0 bridgehead atoms. The van der Waals surface area contributed by atoms with Crippen molar-refractivity contribution in [3.63, 3.8) is 0 Å². The molecule has 0 heterocycles. The van der Waals surface area contributed by atoms with Gasteiger partial charge >= 0.3 is 0 Å². The molecule has 104 valence electrons. The van der Waals surface area contributed by atoms with E-state index in [-0.39, 0.29) is 0 Å². The maximum Gasteiger partial charge on any atom is 0.00888 e. The number of hydrogen-bond donors (Lipinski definition) is 1. The summed E-state index contributed by atoms with van der Waals surface area (Å²) in [6.07, 6.45) is 13.1. The van der Waals surface area contributed by atoms with Gasteiger partial charge in [-0.05, 0) is 68.9 Å². The highest BCUT2D eigenvalue weighted by atomic mass is 14.9. The lowest BCUT2D eigenvalue weighted by molar-refractivity contribution is 0.139. The molecule has 1 fully saturated rings. The fourth-order valence-corrected chi connectivity index (χ4v) is 3.32. The molecule has 18 heavy (non-hydrogen) atoms. The Bertz CT molecular complexity index is 251. The standard InChI is InChI=1S/C17H31N/c1-5-7-8-16-12-15(14(3)4)9-10-17(16)13-18-11-6-2/h1,14-18H,6-13H2,2-4H3. The Kier molecular flexibility index (Phi) is 7.44. The normalized spacial score (nSPS) is 28.3. The van der Waals surface area contributed by atoms with E-state index in [2.05, 4.69) is 32.0 Å². The van der Waals surface area contributed by atoms with Gasteiger partial charge in [0.05, 0.1) is 0 Å². The molecule has 1 nitrogen and oxygen atoms in total. The highest BCUT2D eigenvalue weighted by molar-refractivity contribution is 4.88. The van der Waals surface area contributed by atoms with E-state index in [1.54, 1.807) is 0 Å². The summed E-state index contributed by atoms with van der Waals surface area (Å²) >= 11 is 0. The van der Waals surface area contributed by atoms with Crippen LogP contribution in [0.5, 0.6) is 0 Å². The summed E-state index contributed by atoms with van der Waals surface area (Å²) in [6, 6.07) is 0. The van der Waals surface area contributed by atoms with E-state index in [1.807, 2.05) is 0 Å². The number of nitrogens with one attached hydrogen (secondary N) is 1. The number of hydrogen-bond acceptors (Lipinski definition) is 1. The number of terminal acetylenes is 1. The van der Waals surface area contributed by atoms with Crippen LogP contribution in [0.4, 0.5) is 0 Å². The first kappa shape index (κ1) is 15.6.